The van der Waals surface area contributed by atoms with Crippen molar-refractivity contribution >= 4 is 5.91 Å². The molecule has 1 aromatic heterocycles. The summed E-state index contributed by atoms with van der Waals surface area (Å²) in [5.74, 6) is 0.125. The number of benzene rings is 1. The van der Waals surface area contributed by atoms with Gasteiger partial charge in [-0.25, -0.2) is 0 Å². The minimum absolute atomic E-state index is 0.125. The number of nitrogens with one attached hydrogen (secondary N) is 1. The third-order valence-corrected chi connectivity index (χ3v) is 5.54. The van der Waals surface area contributed by atoms with Crippen LogP contribution < -0.4 is 5.32 Å². The third kappa shape index (κ3) is 3.31. The van der Waals surface area contributed by atoms with Gasteiger partial charge in [0, 0.05) is 36.6 Å². The molecule has 2 aromatic rings. The zero-order valence-electron chi connectivity index (χ0n) is 14.7. The average Bonchev–Trinajstić information content (AvgIpc) is 2.97. The van der Waals surface area contributed by atoms with Crippen LogP contribution in [0.4, 0.5) is 0 Å². The van der Waals surface area contributed by atoms with Crippen LogP contribution in [0.1, 0.15) is 53.3 Å². The highest BCUT2D eigenvalue weighted by Gasteiger charge is 2.40. The van der Waals surface area contributed by atoms with Gasteiger partial charge in [0.15, 0.2) is 0 Å². The number of aryl methyl sites for hydroxylation is 1. The summed E-state index contributed by atoms with van der Waals surface area (Å²) in [5, 5.41) is 3.79. The Bertz CT molecular complexity index is 729. The number of hydrogen-bond acceptors (Lipinski definition) is 3. The molecule has 4 nitrogen and oxygen atoms in total. The Morgan fingerprint density at radius 1 is 1.16 bits per heavy atom. The molecule has 0 radical (unpaired) electrons. The fourth-order valence-corrected chi connectivity index (χ4v) is 4.21. The normalized spacial score (nSPS) is 26.1. The molecule has 2 saturated heterocycles. The fourth-order valence-electron chi connectivity index (χ4n) is 4.21. The molecule has 1 N–H and O–H groups in total. The van der Waals surface area contributed by atoms with E-state index in [-0.39, 0.29) is 11.9 Å². The summed E-state index contributed by atoms with van der Waals surface area (Å²) in [4.78, 5) is 19.5. The van der Waals surface area contributed by atoms with Crippen molar-refractivity contribution in [2.45, 2.75) is 50.7 Å². The van der Waals surface area contributed by atoms with E-state index >= 15 is 0 Å². The fraction of sp³-hybridized carbons (Fsp3) is 0.429. The number of hydrogen-bond donors (Lipinski definition) is 1. The van der Waals surface area contributed by atoms with Gasteiger partial charge in [-0.15, -0.1) is 0 Å². The molecule has 0 bridgehead atoms. The largest absolute Gasteiger partial charge is 0.334 e. The molecule has 0 spiro atoms. The maximum atomic E-state index is 13.1. The lowest BCUT2D eigenvalue weighted by Crippen LogP contribution is -2.45. The molecule has 3 heterocycles. The summed E-state index contributed by atoms with van der Waals surface area (Å²) >= 11 is 0. The van der Waals surface area contributed by atoms with Gasteiger partial charge in [-0.3, -0.25) is 9.78 Å². The molecule has 4 heteroatoms. The molecule has 130 valence electrons. The second-order valence-electron chi connectivity index (χ2n) is 7.22. The predicted octanol–water partition coefficient (Wildman–Crippen LogP) is 3.49. The molecule has 1 amide bonds. The van der Waals surface area contributed by atoms with E-state index in [2.05, 4.69) is 45.5 Å². The van der Waals surface area contributed by atoms with Crippen molar-refractivity contribution in [1.29, 1.82) is 0 Å². The van der Waals surface area contributed by atoms with Gasteiger partial charge in [0.25, 0.3) is 5.91 Å². The van der Waals surface area contributed by atoms with Crippen LogP contribution in [0.2, 0.25) is 0 Å². The van der Waals surface area contributed by atoms with Crippen molar-refractivity contribution < 1.29 is 4.79 Å². The Hall–Kier alpha value is -2.20. The Balaban J connectivity index is 1.57. The molecule has 3 atom stereocenters. The maximum absolute atomic E-state index is 13.1. The Morgan fingerprint density at radius 2 is 2.00 bits per heavy atom. The van der Waals surface area contributed by atoms with Gasteiger partial charge in [0.2, 0.25) is 0 Å². The zero-order chi connectivity index (χ0) is 17.2. The molecule has 2 aliphatic rings. The van der Waals surface area contributed by atoms with E-state index in [4.69, 9.17) is 0 Å². The molecular formula is C21H25N3O. The summed E-state index contributed by atoms with van der Waals surface area (Å²) in [7, 11) is 0. The van der Waals surface area contributed by atoms with Crippen molar-refractivity contribution in [3.8, 4) is 0 Å². The van der Waals surface area contributed by atoms with Gasteiger partial charge in [-0.05, 0) is 43.9 Å². The first-order chi connectivity index (χ1) is 12.2. The number of carbonyl (C=O) groups excluding carboxylic acids is 1. The minimum atomic E-state index is 0.125. The highest BCUT2D eigenvalue weighted by atomic mass is 16.2. The van der Waals surface area contributed by atoms with Crippen LogP contribution in [0.25, 0.3) is 0 Å². The Kier molecular flexibility index (Phi) is 4.53. The molecule has 2 aliphatic heterocycles. The van der Waals surface area contributed by atoms with E-state index in [1.807, 2.05) is 19.1 Å². The van der Waals surface area contributed by atoms with E-state index in [1.54, 1.807) is 6.20 Å². The molecule has 1 aromatic carbocycles. The van der Waals surface area contributed by atoms with E-state index in [1.165, 1.54) is 12.0 Å². The van der Waals surface area contributed by atoms with E-state index in [0.717, 1.165) is 31.5 Å². The summed E-state index contributed by atoms with van der Waals surface area (Å²) < 4.78 is 0. The molecule has 2 fully saturated rings. The van der Waals surface area contributed by atoms with E-state index < -0.39 is 0 Å². The third-order valence-electron chi connectivity index (χ3n) is 5.54. The van der Waals surface area contributed by atoms with E-state index in [9.17, 15) is 4.79 Å². The van der Waals surface area contributed by atoms with Crippen LogP contribution in [-0.2, 0) is 0 Å². The molecule has 25 heavy (non-hydrogen) atoms. The van der Waals surface area contributed by atoms with Crippen molar-refractivity contribution in [2.75, 3.05) is 6.54 Å². The SMILES string of the molecule is Cc1ccc(C(=O)N2CCCC[C@H]3N[C@@H](c4ccccc4)C[C@@H]32)cn1. The maximum Gasteiger partial charge on any atom is 0.255 e. The number of rotatable bonds is 2. The first-order valence-corrected chi connectivity index (χ1v) is 9.27. The van der Waals surface area contributed by atoms with Crippen LogP contribution in [0.3, 0.4) is 0 Å². The van der Waals surface area contributed by atoms with Crippen LogP contribution in [0, 0.1) is 6.92 Å². The monoisotopic (exact) mass is 335 g/mol. The smallest absolute Gasteiger partial charge is 0.255 e. The standard InChI is InChI=1S/C21H25N3O/c1-15-10-11-17(14-22-15)21(25)24-12-6-5-9-18-20(24)13-19(23-18)16-7-3-2-4-8-16/h2-4,7-8,10-11,14,18-20,23H,5-6,9,12-13H2,1H3/t18-,19-,20+/m1/s1. The lowest BCUT2D eigenvalue weighted by molar-refractivity contribution is 0.0677. The van der Waals surface area contributed by atoms with Gasteiger partial charge in [-0.1, -0.05) is 36.8 Å². The van der Waals surface area contributed by atoms with Crippen molar-refractivity contribution in [3.63, 3.8) is 0 Å². The molecule has 0 aliphatic carbocycles. The number of amides is 1. The highest BCUT2D eigenvalue weighted by molar-refractivity contribution is 5.94. The average molecular weight is 335 g/mol. The van der Waals surface area contributed by atoms with Crippen molar-refractivity contribution in [3.05, 3.63) is 65.5 Å². The van der Waals surface area contributed by atoms with Crippen molar-refractivity contribution in [2.24, 2.45) is 0 Å². The topological polar surface area (TPSA) is 45.2 Å². The Morgan fingerprint density at radius 3 is 2.76 bits per heavy atom. The molecule has 0 saturated carbocycles. The quantitative estimate of drug-likeness (QED) is 0.914. The zero-order valence-corrected chi connectivity index (χ0v) is 14.7. The second kappa shape index (κ2) is 6.96. The van der Waals surface area contributed by atoms with Gasteiger partial charge < -0.3 is 10.2 Å². The van der Waals surface area contributed by atoms with Crippen LogP contribution in [-0.4, -0.2) is 34.4 Å². The lowest BCUT2D eigenvalue weighted by atomic mass is 10.00. The number of aromatic nitrogens is 1. The first kappa shape index (κ1) is 16.3. The number of likely N-dealkylation sites (tertiary alicyclic amines) is 1. The van der Waals surface area contributed by atoms with Gasteiger partial charge in [0.1, 0.15) is 0 Å². The van der Waals surface area contributed by atoms with Crippen LogP contribution in [0.15, 0.2) is 48.7 Å². The number of nitrogens with zero attached hydrogens (tertiary/aromatic N) is 2. The first-order valence-electron chi connectivity index (χ1n) is 9.27. The van der Waals surface area contributed by atoms with Crippen LogP contribution >= 0.6 is 0 Å². The van der Waals surface area contributed by atoms with Gasteiger partial charge >= 0.3 is 0 Å². The molecule has 4 rings (SSSR count). The number of pyridine rings is 1. The summed E-state index contributed by atoms with van der Waals surface area (Å²) in [5.41, 5.74) is 2.96. The highest BCUT2D eigenvalue weighted by Crippen LogP contribution is 2.34. The molecule has 0 unspecified atom stereocenters. The summed E-state index contributed by atoms with van der Waals surface area (Å²) in [6.45, 7) is 2.79. The minimum Gasteiger partial charge on any atom is -0.334 e. The second-order valence-corrected chi connectivity index (χ2v) is 7.22. The predicted molar refractivity (Wildman–Crippen MR) is 98.4 cm³/mol. The summed E-state index contributed by atoms with van der Waals surface area (Å²) in [6, 6.07) is 15.4. The number of fused-ring (bicyclic) bond motifs is 1. The molecular weight excluding hydrogens is 310 g/mol. The van der Waals surface area contributed by atoms with Crippen LogP contribution in [0.5, 0.6) is 0 Å². The van der Waals surface area contributed by atoms with Gasteiger partial charge in [0.05, 0.1) is 5.56 Å². The number of carbonyl (C=O) groups is 1. The lowest BCUT2D eigenvalue weighted by Gasteiger charge is -2.30. The van der Waals surface area contributed by atoms with Crippen molar-refractivity contribution in [1.82, 2.24) is 15.2 Å². The van der Waals surface area contributed by atoms with Gasteiger partial charge in [-0.2, -0.15) is 0 Å². The Labute approximate surface area is 149 Å². The van der Waals surface area contributed by atoms with E-state index in [0.29, 0.717) is 17.6 Å². The summed E-state index contributed by atoms with van der Waals surface area (Å²) in [6.07, 6.45) is 6.10.